The topological polar surface area (TPSA) is 113 Å². The predicted molar refractivity (Wildman–Crippen MR) is 142 cm³/mol. The fourth-order valence-corrected chi connectivity index (χ4v) is 6.77. The highest BCUT2D eigenvalue weighted by molar-refractivity contribution is 7.92. The number of rotatable bonds is 8. The van der Waals surface area contributed by atoms with E-state index in [1.54, 1.807) is 37.3 Å². The SMILES string of the molecule is Cc1ccc(N(CC(=O)Nc2ccc(S(=O)(=O)N3CCOCC3)cc2)S(=O)(=O)c2ccccc2)cc1Cl. The molecule has 9 nitrogen and oxygen atoms in total. The van der Waals surface area contributed by atoms with Crippen molar-refractivity contribution >= 4 is 48.9 Å². The minimum absolute atomic E-state index is 0.0252. The van der Waals surface area contributed by atoms with Gasteiger partial charge in [-0.25, -0.2) is 16.8 Å². The normalized spacial score (nSPS) is 14.8. The third-order valence-electron chi connectivity index (χ3n) is 5.81. The second kappa shape index (κ2) is 11.2. The third kappa shape index (κ3) is 6.13. The van der Waals surface area contributed by atoms with Crippen molar-refractivity contribution in [1.82, 2.24) is 4.31 Å². The van der Waals surface area contributed by atoms with Gasteiger partial charge in [0.05, 0.1) is 28.7 Å². The van der Waals surface area contributed by atoms with Gasteiger partial charge in [-0.3, -0.25) is 9.10 Å². The molecule has 1 amide bonds. The van der Waals surface area contributed by atoms with Crippen LogP contribution in [0.2, 0.25) is 5.02 Å². The highest BCUT2D eigenvalue weighted by Gasteiger charge is 2.28. The number of ether oxygens (including phenoxy) is 1. The van der Waals surface area contributed by atoms with Gasteiger partial charge in [0.2, 0.25) is 15.9 Å². The van der Waals surface area contributed by atoms with E-state index < -0.39 is 32.5 Å². The summed E-state index contributed by atoms with van der Waals surface area (Å²) >= 11 is 6.25. The Balaban J connectivity index is 1.55. The van der Waals surface area contributed by atoms with E-state index in [1.807, 2.05) is 0 Å². The van der Waals surface area contributed by atoms with Gasteiger partial charge in [0, 0.05) is 23.8 Å². The van der Waals surface area contributed by atoms with E-state index in [-0.39, 0.29) is 28.6 Å². The van der Waals surface area contributed by atoms with Gasteiger partial charge in [-0.2, -0.15) is 4.31 Å². The number of hydrogen-bond acceptors (Lipinski definition) is 6. The molecule has 0 unspecified atom stereocenters. The molecule has 3 aromatic carbocycles. The summed E-state index contributed by atoms with van der Waals surface area (Å²) < 4.78 is 60.1. The fourth-order valence-electron chi connectivity index (χ4n) is 3.75. The summed E-state index contributed by atoms with van der Waals surface area (Å²) in [7, 11) is -7.77. The molecule has 12 heteroatoms. The minimum Gasteiger partial charge on any atom is -0.379 e. The van der Waals surface area contributed by atoms with Crippen molar-refractivity contribution in [3.63, 3.8) is 0 Å². The Bertz CT molecular complexity index is 1470. The zero-order valence-corrected chi connectivity index (χ0v) is 22.4. The van der Waals surface area contributed by atoms with Crippen LogP contribution in [-0.2, 0) is 29.6 Å². The Kier molecular flexibility index (Phi) is 8.20. The lowest BCUT2D eigenvalue weighted by Gasteiger charge is -2.26. The molecule has 0 spiro atoms. The molecule has 0 radical (unpaired) electrons. The molecule has 0 aliphatic carbocycles. The molecule has 0 aromatic heterocycles. The van der Waals surface area contributed by atoms with E-state index in [1.165, 1.54) is 46.8 Å². The van der Waals surface area contributed by atoms with Crippen LogP contribution in [0.3, 0.4) is 0 Å². The number of nitrogens with one attached hydrogen (secondary N) is 1. The molecule has 1 aliphatic heterocycles. The largest absolute Gasteiger partial charge is 0.379 e. The number of benzene rings is 3. The molecule has 196 valence electrons. The molecule has 1 fully saturated rings. The fraction of sp³-hybridized carbons (Fsp3) is 0.240. The van der Waals surface area contributed by atoms with Crippen molar-refractivity contribution < 1.29 is 26.4 Å². The molecular weight excluding hydrogens is 538 g/mol. The summed E-state index contributed by atoms with van der Waals surface area (Å²) in [6, 6.07) is 18.3. The van der Waals surface area contributed by atoms with Crippen LogP contribution < -0.4 is 9.62 Å². The third-order valence-corrected chi connectivity index (χ3v) is 9.92. The van der Waals surface area contributed by atoms with Crippen molar-refractivity contribution in [3.8, 4) is 0 Å². The van der Waals surface area contributed by atoms with Gasteiger partial charge in [0.25, 0.3) is 10.0 Å². The molecule has 0 bridgehead atoms. The second-order valence-electron chi connectivity index (χ2n) is 8.35. The van der Waals surface area contributed by atoms with E-state index in [9.17, 15) is 21.6 Å². The second-order valence-corrected chi connectivity index (χ2v) is 12.6. The van der Waals surface area contributed by atoms with Crippen LogP contribution in [0.1, 0.15) is 5.56 Å². The highest BCUT2D eigenvalue weighted by Crippen LogP contribution is 2.28. The summed E-state index contributed by atoms with van der Waals surface area (Å²) in [5.74, 6) is -0.611. The average Bonchev–Trinajstić information content (AvgIpc) is 2.90. The van der Waals surface area contributed by atoms with Gasteiger partial charge in [-0.1, -0.05) is 35.9 Å². The quantitative estimate of drug-likeness (QED) is 0.449. The minimum atomic E-state index is -4.09. The van der Waals surface area contributed by atoms with Crippen molar-refractivity contribution in [1.29, 1.82) is 0 Å². The maximum absolute atomic E-state index is 13.4. The van der Waals surface area contributed by atoms with Crippen molar-refractivity contribution in [2.45, 2.75) is 16.7 Å². The zero-order chi connectivity index (χ0) is 26.6. The number of nitrogens with zero attached hydrogens (tertiary/aromatic N) is 2. The van der Waals surface area contributed by atoms with Crippen LogP contribution in [-0.4, -0.2) is 59.9 Å². The van der Waals surface area contributed by atoms with Crippen molar-refractivity contribution in [3.05, 3.63) is 83.4 Å². The molecule has 4 rings (SSSR count). The molecule has 1 heterocycles. The lowest BCUT2D eigenvalue weighted by atomic mass is 10.2. The molecule has 1 N–H and O–H groups in total. The predicted octanol–water partition coefficient (Wildman–Crippen LogP) is 3.50. The van der Waals surface area contributed by atoms with Crippen LogP contribution in [0.25, 0.3) is 0 Å². The van der Waals surface area contributed by atoms with Crippen LogP contribution in [0.4, 0.5) is 11.4 Å². The van der Waals surface area contributed by atoms with Crippen molar-refractivity contribution in [2.24, 2.45) is 0 Å². The number of aryl methyl sites for hydroxylation is 1. The lowest BCUT2D eigenvalue weighted by Crippen LogP contribution is -2.40. The molecule has 0 atom stereocenters. The first-order chi connectivity index (χ1) is 17.6. The van der Waals surface area contributed by atoms with Crippen LogP contribution >= 0.6 is 11.6 Å². The van der Waals surface area contributed by atoms with Gasteiger partial charge in [0.15, 0.2) is 0 Å². The summed E-state index contributed by atoms with van der Waals surface area (Å²) in [4.78, 5) is 13.1. The van der Waals surface area contributed by atoms with Gasteiger partial charge in [0.1, 0.15) is 6.54 Å². The van der Waals surface area contributed by atoms with Gasteiger partial charge >= 0.3 is 0 Å². The highest BCUT2D eigenvalue weighted by atomic mass is 35.5. The molecule has 1 aliphatic rings. The Morgan fingerprint density at radius 3 is 2.22 bits per heavy atom. The van der Waals surface area contributed by atoms with E-state index in [2.05, 4.69) is 5.32 Å². The van der Waals surface area contributed by atoms with E-state index in [0.29, 0.717) is 23.9 Å². The molecule has 0 saturated carbocycles. The standard InChI is InChI=1S/C25H26ClN3O6S2/c1-19-7-10-21(17-24(19)26)29(37(33,34)22-5-3-2-4-6-22)18-25(30)27-20-8-11-23(12-9-20)36(31,32)28-13-15-35-16-14-28/h2-12,17H,13-16,18H2,1H3,(H,27,30). The number of sulfonamides is 2. The molecule has 1 saturated heterocycles. The number of hydrogen-bond donors (Lipinski definition) is 1. The molecular formula is C25H26ClN3O6S2. The summed E-state index contributed by atoms with van der Waals surface area (Å²) in [5.41, 5.74) is 1.32. The number of carbonyl (C=O) groups is 1. The maximum Gasteiger partial charge on any atom is 0.264 e. The monoisotopic (exact) mass is 563 g/mol. The van der Waals surface area contributed by atoms with Gasteiger partial charge < -0.3 is 10.1 Å². The lowest BCUT2D eigenvalue weighted by molar-refractivity contribution is -0.114. The Morgan fingerprint density at radius 1 is 0.946 bits per heavy atom. The van der Waals surface area contributed by atoms with Crippen LogP contribution in [0.5, 0.6) is 0 Å². The smallest absolute Gasteiger partial charge is 0.264 e. The maximum atomic E-state index is 13.4. The number of halogens is 1. The number of carbonyl (C=O) groups excluding carboxylic acids is 1. The van der Waals surface area contributed by atoms with Crippen LogP contribution in [0.15, 0.2) is 82.6 Å². The molecule has 3 aromatic rings. The Morgan fingerprint density at radius 2 is 1.59 bits per heavy atom. The first-order valence-corrected chi connectivity index (χ1v) is 14.7. The Labute approximate surface area is 221 Å². The number of anilines is 2. The van der Waals surface area contributed by atoms with Gasteiger partial charge in [-0.15, -0.1) is 0 Å². The summed E-state index contributed by atoms with van der Waals surface area (Å²) in [6.45, 7) is 2.48. The van der Waals surface area contributed by atoms with Crippen LogP contribution in [0, 0.1) is 6.92 Å². The number of morpholine rings is 1. The van der Waals surface area contributed by atoms with E-state index in [0.717, 1.165) is 9.87 Å². The number of amides is 1. The van der Waals surface area contributed by atoms with Crippen molar-refractivity contribution in [2.75, 3.05) is 42.5 Å². The average molecular weight is 564 g/mol. The summed E-state index contributed by atoms with van der Waals surface area (Å²) in [5, 5.41) is 3.01. The van der Waals surface area contributed by atoms with Gasteiger partial charge in [-0.05, 0) is 61.0 Å². The first kappa shape index (κ1) is 27.1. The van der Waals surface area contributed by atoms with E-state index >= 15 is 0 Å². The van der Waals surface area contributed by atoms with E-state index in [4.69, 9.17) is 16.3 Å². The Hall–Kier alpha value is -2.96. The zero-order valence-electron chi connectivity index (χ0n) is 20.0. The molecule has 37 heavy (non-hydrogen) atoms. The summed E-state index contributed by atoms with van der Waals surface area (Å²) in [6.07, 6.45) is 0. The first-order valence-electron chi connectivity index (χ1n) is 11.4.